The Morgan fingerprint density at radius 1 is 1.08 bits per heavy atom. The Morgan fingerprint density at radius 2 is 1.81 bits per heavy atom. The molecule has 192 valence electrons. The van der Waals surface area contributed by atoms with Gasteiger partial charge < -0.3 is 9.84 Å². The Balaban J connectivity index is 1.73. The van der Waals surface area contributed by atoms with Crippen LogP contribution in [0.4, 0.5) is 0 Å². The number of halogens is 2. The van der Waals surface area contributed by atoms with Gasteiger partial charge in [0.2, 0.25) is 11.8 Å². The lowest BCUT2D eigenvalue weighted by molar-refractivity contribution is -0.141. The lowest BCUT2D eigenvalue weighted by Gasteiger charge is -2.50. The van der Waals surface area contributed by atoms with Gasteiger partial charge in [0.1, 0.15) is 0 Å². The fraction of sp³-hybridized carbons (Fsp3) is 0.538. The summed E-state index contributed by atoms with van der Waals surface area (Å²) in [7, 11) is 1.33. The first-order chi connectivity index (χ1) is 17.0. The number of ether oxygens (including phenoxy) is 1. The number of phenolic OH excluding ortho intramolecular Hbond substituents is 1. The molecule has 6 unspecified atom stereocenters. The highest BCUT2D eigenvalue weighted by Crippen LogP contribution is 2.66. The molecule has 2 aliphatic heterocycles. The Bertz CT molecular complexity index is 1220. The van der Waals surface area contributed by atoms with E-state index in [1.165, 1.54) is 11.9 Å². The number of carbonyl (C=O) groups is 4. The van der Waals surface area contributed by atoms with Crippen molar-refractivity contribution in [3.8, 4) is 11.5 Å². The van der Waals surface area contributed by atoms with Crippen LogP contribution in [-0.2, 0) is 19.2 Å². The molecular formula is C26H28Cl2N2O6. The summed E-state index contributed by atoms with van der Waals surface area (Å²) in [5.74, 6) is -4.73. The van der Waals surface area contributed by atoms with Crippen LogP contribution in [0.2, 0.25) is 0 Å². The maximum absolute atomic E-state index is 13.6. The second-order valence-electron chi connectivity index (χ2n) is 9.95. The van der Waals surface area contributed by atoms with Crippen molar-refractivity contribution in [2.45, 2.75) is 48.8 Å². The monoisotopic (exact) mass is 534 g/mol. The third kappa shape index (κ3) is 3.00. The van der Waals surface area contributed by atoms with Crippen molar-refractivity contribution in [2.75, 3.05) is 20.2 Å². The molecule has 10 heteroatoms. The van der Waals surface area contributed by atoms with Gasteiger partial charge in [0, 0.05) is 25.1 Å². The minimum atomic E-state index is -1.94. The minimum absolute atomic E-state index is 0.0681. The van der Waals surface area contributed by atoms with Gasteiger partial charge in [-0.15, -0.1) is 23.2 Å². The number of fused-ring (bicyclic) bond motifs is 4. The van der Waals surface area contributed by atoms with Gasteiger partial charge in [0.05, 0.1) is 18.4 Å². The Kier molecular flexibility index (Phi) is 5.91. The number of benzene rings is 1. The van der Waals surface area contributed by atoms with E-state index in [0.717, 1.165) is 4.90 Å². The van der Waals surface area contributed by atoms with Crippen LogP contribution in [0.5, 0.6) is 11.5 Å². The van der Waals surface area contributed by atoms with Gasteiger partial charge in [-0.1, -0.05) is 30.7 Å². The number of para-hydroxylation sites is 1. The third-order valence-corrected chi connectivity index (χ3v) is 9.61. The highest BCUT2D eigenvalue weighted by Gasteiger charge is 2.76. The number of hydrogen-bond donors (Lipinski definition) is 1. The fourth-order valence-electron chi connectivity index (χ4n) is 6.64. The number of hydrogen-bond acceptors (Lipinski definition) is 6. The molecule has 3 fully saturated rings. The molecule has 1 saturated carbocycles. The van der Waals surface area contributed by atoms with E-state index in [9.17, 15) is 24.3 Å². The molecule has 0 bridgehead atoms. The van der Waals surface area contributed by atoms with Gasteiger partial charge >= 0.3 is 0 Å². The second-order valence-corrected chi connectivity index (χ2v) is 11.2. The molecule has 2 aliphatic carbocycles. The van der Waals surface area contributed by atoms with Gasteiger partial charge in [-0.3, -0.25) is 29.0 Å². The molecule has 2 saturated heterocycles. The fourth-order valence-corrected chi connectivity index (χ4v) is 7.65. The molecule has 4 aliphatic rings. The molecule has 0 spiro atoms. The molecule has 6 atom stereocenters. The zero-order valence-corrected chi connectivity index (χ0v) is 21.8. The van der Waals surface area contributed by atoms with E-state index >= 15 is 0 Å². The van der Waals surface area contributed by atoms with Crippen molar-refractivity contribution < 1.29 is 29.0 Å². The Hall–Kier alpha value is -2.58. The number of allylic oxidation sites excluding steroid dienone is 2. The maximum atomic E-state index is 13.6. The van der Waals surface area contributed by atoms with E-state index in [4.69, 9.17) is 27.9 Å². The number of nitrogens with zero attached hydrogens (tertiary/aromatic N) is 2. The minimum Gasteiger partial charge on any atom is -0.504 e. The predicted octanol–water partition coefficient (Wildman–Crippen LogP) is 3.19. The molecule has 0 aromatic heterocycles. The smallest absolute Gasteiger partial charge is 0.253 e. The molecule has 1 aromatic rings. The van der Waals surface area contributed by atoms with Gasteiger partial charge in [0.15, 0.2) is 21.2 Å². The first kappa shape index (κ1) is 25.1. The first-order valence-corrected chi connectivity index (χ1v) is 13.0. The molecular weight excluding hydrogens is 507 g/mol. The van der Waals surface area contributed by atoms with Gasteiger partial charge in [-0.2, -0.15) is 0 Å². The zero-order chi connectivity index (χ0) is 26.2. The molecule has 36 heavy (non-hydrogen) atoms. The standard InChI is InChI=1S/C26H28Cl2N2O6/c1-4-11-30-21(32)14-10-9-13-16(18(14)22(30)33)12-25(27)23(34)29(3)24(35)26(25,28)19(13)15-7-6-8-17(20(15)31)36-5-2/h6-9,14,16,18-19,31H,4-5,10-12H2,1-3H3. The predicted molar refractivity (Wildman–Crippen MR) is 132 cm³/mol. The van der Waals surface area contributed by atoms with Crippen LogP contribution in [0, 0.1) is 17.8 Å². The van der Waals surface area contributed by atoms with Crippen LogP contribution in [-0.4, -0.2) is 68.5 Å². The summed E-state index contributed by atoms with van der Waals surface area (Å²) in [4.78, 5) is 52.0. The lowest BCUT2D eigenvalue weighted by Crippen LogP contribution is -2.60. The van der Waals surface area contributed by atoms with Crippen LogP contribution in [0.25, 0.3) is 0 Å². The van der Waals surface area contributed by atoms with E-state index in [0.29, 0.717) is 31.6 Å². The lowest BCUT2D eigenvalue weighted by atomic mass is 9.56. The summed E-state index contributed by atoms with van der Waals surface area (Å²) in [6, 6.07) is 4.89. The largest absolute Gasteiger partial charge is 0.504 e. The van der Waals surface area contributed by atoms with Gasteiger partial charge in [-0.05, 0) is 38.2 Å². The number of amides is 4. The van der Waals surface area contributed by atoms with Crippen molar-refractivity contribution in [1.29, 1.82) is 0 Å². The Morgan fingerprint density at radius 3 is 2.47 bits per heavy atom. The number of imide groups is 2. The van der Waals surface area contributed by atoms with E-state index in [1.807, 2.05) is 13.0 Å². The average Bonchev–Trinajstić information content (AvgIpc) is 3.16. The van der Waals surface area contributed by atoms with Crippen molar-refractivity contribution in [2.24, 2.45) is 17.8 Å². The summed E-state index contributed by atoms with van der Waals surface area (Å²) in [6.45, 7) is 4.29. The molecule has 1 N–H and O–H groups in total. The van der Waals surface area contributed by atoms with Crippen molar-refractivity contribution in [3.63, 3.8) is 0 Å². The molecule has 2 heterocycles. The van der Waals surface area contributed by atoms with Crippen LogP contribution < -0.4 is 4.74 Å². The third-order valence-electron chi connectivity index (χ3n) is 8.19. The number of rotatable bonds is 5. The summed E-state index contributed by atoms with van der Waals surface area (Å²) in [5.41, 5.74) is 0.927. The number of alkyl halides is 2. The molecule has 0 radical (unpaired) electrons. The van der Waals surface area contributed by atoms with Crippen molar-refractivity contribution in [3.05, 3.63) is 35.4 Å². The summed E-state index contributed by atoms with van der Waals surface area (Å²) < 4.78 is 5.57. The molecule has 8 nitrogen and oxygen atoms in total. The summed E-state index contributed by atoms with van der Waals surface area (Å²) in [6.07, 6.45) is 2.70. The van der Waals surface area contributed by atoms with E-state index in [2.05, 4.69) is 0 Å². The van der Waals surface area contributed by atoms with Crippen LogP contribution in [0.15, 0.2) is 29.8 Å². The van der Waals surface area contributed by atoms with Gasteiger partial charge in [0.25, 0.3) is 11.8 Å². The van der Waals surface area contributed by atoms with Crippen molar-refractivity contribution in [1.82, 2.24) is 9.80 Å². The summed E-state index contributed by atoms with van der Waals surface area (Å²) >= 11 is 14.2. The number of aromatic hydroxyl groups is 1. The number of phenols is 1. The average molecular weight is 535 g/mol. The number of carbonyl (C=O) groups excluding carboxylic acids is 4. The highest BCUT2D eigenvalue weighted by atomic mass is 35.5. The Labute approximate surface area is 219 Å². The van der Waals surface area contributed by atoms with E-state index in [-0.39, 0.29) is 35.3 Å². The SMILES string of the molecule is CCCN1C(=O)C2CC=C3C(CC4(Cl)C(=O)N(C)C(=O)C4(Cl)C3c3cccc(OCC)c3O)C2C1=O. The molecule has 5 rings (SSSR count). The molecule has 1 aromatic carbocycles. The zero-order valence-electron chi connectivity index (χ0n) is 20.3. The first-order valence-electron chi connectivity index (χ1n) is 12.2. The van der Waals surface area contributed by atoms with Crippen LogP contribution in [0.3, 0.4) is 0 Å². The second kappa shape index (κ2) is 8.48. The van der Waals surface area contributed by atoms with E-state index < -0.39 is 45.2 Å². The van der Waals surface area contributed by atoms with E-state index in [1.54, 1.807) is 25.1 Å². The number of likely N-dealkylation sites (tertiary alicyclic amines) is 2. The highest BCUT2D eigenvalue weighted by molar-refractivity contribution is 6.53. The van der Waals surface area contributed by atoms with Gasteiger partial charge in [-0.25, -0.2) is 0 Å². The van der Waals surface area contributed by atoms with Crippen LogP contribution in [0.1, 0.15) is 44.6 Å². The topological polar surface area (TPSA) is 104 Å². The summed E-state index contributed by atoms with van der Waals surface area (Å²) in [5, 5.41) is 11.2. The quantitative estimate of drug-likeness (QED) is 0.353. The van der Waals surface area contributed by atoms with Crippen molar-refractivity contribution >= 4 is 46.8 Å². The maximum Gasteiger partial charge on any atom is 0.253 e. The molecule has 4 amide bonds. The van der Waals surface area contributed by atoms with Crippen LogP contribution >= 0.6 is 23.2 Å². The normalized spacial score (nSPS) is 35.5.